The van der Waals surface area contributed by atoms with E-state index in [-0.39, 0.29) is 11.9 Å². The Bertz CT molecular complexity index is 618. The number of amides is 1. The molecule has 1 amide bonds. The fourth-order valence-electron chi connectivity index (χ4n) is 2.92. The largest absolute Gasteiger partial charge is 0.347 e. The normalized spacial score (nSPS) is 15.9. The van der Waals surface area contributed by atoms with Gasteiger partial charge in [-0.15, -0.1) is 10.2 Å². The number of aryl methyl sites for hydroxylation is 1. The number of aromatic nitrogens is 5. The predicted molar refractivity (Wildman–Crippen MR) is 81.0 cm³/mol. The molecule has 7 nitrogen and oxygen atoms in total. The van der Waals surface area contributed by atoms with E-state index in [9.17, 15) is 4.79 Å². The number of nitrogens with zero attached hydrogens (tertiary/aromatic N) is 5. The average molecular weight is 302 g/mol. The quantitative estimate of drug-likeness (QED) is 0.907. The first-order chi connectivity index (χ1) is 10.8. The summed E-state index contributed by atoms with van der Waals surface area (Å²) in [5.74, 6) is 1.86. The molecule has 1 aliphatic heterocycles. The van der Waals surface area contributed by atoms with Gasteiger partial charge in [0.15, 0.2) is 5.82 Å². The Morgan fingerprint density at radius 2 is 2.27 bits per heavy atom. The summed E-state index contributed by atoms with van der Waals surface area (Å²) in [6, 6.07) is 1.55. The van der Waals surface area contributed by atoms with Gasteiger partial charge in [0.05, 0.1) is 6.54 Å². The van der Waals surface area contributed by atoms with E-state index in [1.807, 2.05) is 19.2 Å². The molecule has 1 atom stereocenters. The number of carbonyl (C=O) groups is 1. The minimum absolute atomic E-state index is 0.0304. The van der Waals surface area contributed by atoms with Gasteiger partial charge in [0.25, 0.3) is 0 Å². The first-order valence-electron chi connectivity index (χ1n) is 7.97. The summed E-state index contributed by atoms with van der Waals surface area (Å²) in [4.78, 5) is 12.4. The van der Waals surface area contributed by atoms with Crippen LogP contribution in [0.1, 0.15) is 50.3 Å². The van der Waals surface area contributed by atoms with Gasteiger partial charge in [0, 0.05) is 25.4 Å². The van der Waals surface area contributed by atoms with Crippen LogP contribution in [0.5, 0.6) is 0 Å². The van der Waals surface area contributed by atoms with Crippen LogP contribution in [0, 0.1) is 0 Å². The topological polar surface area (TPSA) is 77.6 Å². The van der Waals surface area contributed by atoms with Crippen molar-refractivity contribution in [1.82, 2.24) is 29.9 Å². The fraction of sp³-hybridized carbons (Fsp3) is 0.600. The molecule has 0 radical (unpaired) electrons. The van der Waals surface area contributed by atoms with Crippen molar-refractivity contribution < 1.29 is 4.79 Å². The van der Waals surface area contributed by atoms with Gasteiger partial charge in [-0.25, -0.2) is 0 Å². The SMILES string of the molecule is CCC(C(=O)NCc1nnc2n1CCCCC2)n1cccn1. The Morgan fingerprint density at radius 3 is 3.05 bits per heavy atom. The van der Waals surface area contributed by atoms with Gasteiger partial charge < -0.3 is 9.88 Å². The molecule has 3 heterocycles. The van der Waals surface area contributed by atoms with Gasteiger partial charge in [0.1, 0.15) is 11.9 Å². The average Bonchev–Trinajstić information content (AvgIpc) is 3.11. The Morgan fingerprint density at radius 1 is 1.36 bits per heavy atom. The van der Waals surface area contributed by atoms with Crippen molar-refractivity contribution in [3.8, 4) is 0 Å². The molecule has 0 aromatic carbocycles. The predicted octanol–water partition coefficient (Wildman–Crippen LogP) is 1.47. The van der Waals surface area contributed by atoms with Crippen LogP contribution in [0.2, 0.25) is 0 Å². The molecule has 3 rings (SSSR count). The summed E-state index contributed by atoms with van der Waals surface area (Å²) in [5.41, 5.74) is 0. The van der Waals surface area contributed by atoms with Crippen molar-refractivity contribution in [3.05, 3.63) is 30.1 Å². The van der Waals surface area contributed by atoms with E-state index >= 15 is 0 Å². The highest BCUT2D eigenvalue weighted by atomic mass is 16.2. The lowest BCUT2D eigenvalue weighted by molar-refractivity contribution is -0.124. The van der Waals surface area contributed by atoms with Crippen molar-refractivity contribution in [2.45, 2.75) is 58.2 Å². The number of carbonyl (C=O) groups excluding carboxylic acids is 1. The van der Waals surface area contributed by atoms with E-state index in [1.54, 1.807) is 10.9 Å². The highest BCUT2D eigenvalue weighted by molar-refractivity contribution is 5.79. The van der Waals surface area contributed by atoms with Crippen LogP contribution in [0.4, 0.5) is 0 Å². The maximum absolute atomic E-state index is 12.4. The lowest BCUT2D eigenvalue weighted by Crippen LogP contribution is -2.33. The van der Waals surface area contributed by atoms with Crippen LogP contribution in [-0.4, -0.2) is 30.5 Å². The van der Waals surface area contributed by atoms with Crippen molar-refractivity contribution in [2.24, 2.45) is 0 Å². The molecule has 0 saturated carbocycles. The molecule has 0 aliphatic carbocycles. The molecule has 1 aliphatic rings. The van der Waals surface area contributed by atoms with Crippen molar-refractivity contribution in [3.63, 3.8) is 0 Å². The first-order valence-corrected chi connectivity index (χ1v) is 7.97. The van der Waals surface area contributed by atoms with Crippen molar-refractivity contribution in [1.29, 1.82) is 0 Å². The monoisotopic (exact) mass is 302 g/mol. The Labute approximate surface area is 129 Å². The number of fused-ring (bicyclic) bond motifs is 1. The summed E-state index contributed by atoms with van der Waals surface area (Å²) in [6.45, 7) is 3.35. The Hall–Kier alpha value is -2.18. The summed E-state index contributed by atoms with van der Waals surface area (Å²) in [6.07, 6.45) is 8.73. The van der Waals surface area contributed by atoms with Gasteiger partial charge in [-0.2, -0.15) is 5.10 Å². The van der Waals surface area contributed by atoms with E-state index in [0.29, 0.717) is 13.0 Å². The standard InChI is InChI=1S/C15H22N6O/c1-2-12(21-10-6-8-17-21)15(22)16-11-14-19-18-13-7-4-3-5-9-20(13)14/h6,8,10,12H,2-5,7,9,11H2,1H3,(H,16,22). The van der Waals surface area contributed by atoms with Gasteiger partial charge in [-0.1, -0.05) is 13.3 Å². The van der Waals surface area contributed by atoms with Crippen molar-refractivity contribution in [2.75, 3.05) is 0 Å². The zero-order chi connectivity index (χ0) is 15.4. The van der Waals surface area contributed by atoms with Gasteiger partial charge in [-0.3, -0.25) is 9.48 Å². The Balaban J connectivity index is 1.65. The number of hydrogen-bond acceptors (Lipinski definition) is 4. The maximum atomic E-state index is 12.4. The second kappa shape index (κ2) is 6.72. The van der Waals surface area contributed by atoms with Crippen LogP contribution in [-0.2, 0) is 24.3 Å². The molecule has 0 saturated heterocycles. The molecule has 0 fully saturated rings. The summed E-state index contributed by atoms with van der Waals surface area (Å²) in [7, 11) is 0. The third kappa shape index (κ3) is 3.03. The molecule has 2 aromatic rings. The number of rotatable bonds is 5. The lowest BCUT2D eigenvalue weighted by Gasteiger charge is -2.15. The van der Waals surface area contributed by atoms with E-state index < -0.39 is 0 Å². The van der Waals surface area contributed by atoms with E-state index in [2.05, 4.69) is 25.2 Å². The molecule has 1 unspecified atom stereocenters. The van der Waals surface area contributed by atoms with Crippen LogP contribution in [0.15, 0.2) is 18.5 Å². The second-order valence-electron chi connectivity index (χ2n) is 5.62. The minimum atomic E-state index is -0.276. The number of hydrogen-bond donors (Lipinski definition) is 1. The van der Waals surface area contributed by atoms with E-state index in [0.717, 1.165) is 31.0 Å². The summed E-state index contributed by atoms with van der Waals surface area (Å²) < 4.78 is 3.85. The lowest BCUT2D eigenvalue weighted by atomic mass is 10.2. The second-order valence-corrected chi connectivity index (χ2v) is 5.62. The third-order valence-electron chi connectivity index (χ3n) is 4.14. The molecule has 22 heavy (non-hydrogen) atoms. The fourth-order valence-corrected chi connectivity index (χ4v) is 2.92. The highest BCUT2D eigenvalue weighted by Crippen LogP contribution is 2.15. The van der Waals surface area contributed by atoms with Crippen LogP contribution >= 0.6 is 0 Å². The third-order valence-corrected chi connectivity index (χ3v) is 4.14. The Kier molecular flexibility index (Phi) is 4.50. The van der Waals surface area contributed by atoms with Crippen molar-refractivity contribution >= 4 is 5.91 Å². The smallest absolute Gasteiger partial charge is 0.245 e. The van der Waals surface area contributed by atoms with Gasteiger partial charge >= 0.3 is 0 Å². The molecule has 0 spiro atoms. The zero-order valence-corrected chi connectivity index (χ0v) is 12.9. The van der Waals surface area contributed by atoms with Crippen LogP contribution < -0.4 is 5.32 Å². The molecule has 2 aromatic heterocycles. The van der Waals surface area contributed by atoms with Gasteiger partial charge in [-0.05, 0) is 25.3 Å². The summed E-state index contributed by atoms with van der Waals surface area (Å²) in [5, 5.41) is 15.6. The number of nitrogens with one attached hydrogen (secondary N) is 1. The van der Waals surface area contributed by atoms with E-state index in [4.69, 9.17) is 0 Å². The first kappa shape index (κ1) is 14.7. The molecule has 0 bridgehead atoms. The van der Waals surface area contributed by atoms with Crippen LogP contribution in [0.25, 0.3) is 0 Å². The van der Waals surface area contributed by atoms with Gasteiger partial charge in [0.2, 0.25) is 5.91 Å². The van der Waals surface area contributed by atoms with Crippen LogP contribution in [0.3, 0.4) is 0 Å². The highest BCUT2D eigenvalue weighted by Gasteiger charge is 2.20. The van der Waals surface area contributed by atoms with E-state index in [1.165, 1.54) is 12.8 Å². The maximum Gasteiger partial charge on any atom is 0.245 e. The summed E-state index contributed by atoms with van der Waals surface area (Å²) >= 11 is 0. The minimum Gasteiger partial charge on any atom is -0.347 e. The molecule has 118 valence electrons. The molecular weight excluding hydrogens is 280 g/mol. The molecule has 1 N–H and O–H groups in total. The molecule has 7 heteroatoms. The zero-order valence-electron chi connectivity index (χ0n) is 12.9. The molecular formula is C15H22N6O.